The van der Waals surface area contributed by atoms with Gasteiger partial charge in [0.1, 0.15) is 4.88 Å². The number of hydrogen-bond acceptors (Lipinski definition) is 3. The molecule has 0 bridgehead atoms. The summed E-state index contributed by atoms with van der Waals surface area (Å²) in [5.41, 5.74) is 9.08. The van der Waals surface area contributed by atoms with Gasteiger partial charge in [-0.3, -0.25) is 0 Å². The van der Waals surface area contributed by atoms with Crippen molar-refractivity contribution in [3.05, 3.63) is 39.2 Å². The van der Waals surface area contributed by atoms with E-state index >= 15 is 0 Å². The van der Waals surface area contributed by atoms with E-state index in [0.29, 0.717) is 17.1 Å². The molecule has 0 aliphatic heterocycles. The number of aromatic carboxylic acids is 1. The highest BCUT2D eigenvalue weighted by molar-refractivity contribution is 7.18. The van der Waals surface area contributed by atoms with Crippen LogP contribution in [0.3, 0.4) is 0 Å². The van der Waals surface area contributed by atoms with Crippen LogP contribution in [0.1, 0.15) is 27.7 Å². The second kappa shape index (κ2) is 5.23. The first-order chi connectivity index (χ1) is 8.97. The molecule has 2 rings (SSSR count). The third kappa shape index (κ3) is 2.33. The Kier molecular flexibility index (Phi) is 3.83. The van der Waals surface area contributed by atoms with Gasteiger partial charge in [0, 0.05) is 9.90 Å². The van der Waals surface area contributed by atoms with Crippen molar-refractivity contribution in [3.63, 3.8) is 0 Å². The Balaban J connectivity index is 2.72. The highest BCUT2D eigenvalue weighted by atomic mass is 35.5. The van der Waals surface area contributed by atoms with Crippen LogP contribution in [0, 0.1) is 6.92 Å². The molecule has 0 atom stereocenters. The molecule has 0 aliphatic carbocycles. The van der Waals surface area contributed by atoms with Gasteiger partial charge in [-0.25, -0.2) is 4.79 Å². The number of nitrogen functional groups attached to an aromatic ring is 1. The molecular weight excluding hydrogens is 282 g/mol. The zero-order valence-corrected chi connectivity index (χ0v) is 12.2. The molecule has 3 N–H and O–H groups in total. The molecule has 1 heterocycles. The second-order valence-electron chi connectivity index (χ2n) is 4.22. The third-order valence-electron chi connectivity index (χ3n) is 3.11. The number of carbonyl (C=O) groups is 1. The molecule has 5 heteroatoms. The van der Waals surface area contributed by atoms with Crippen molar-refractivity contribution >= 4 is 34.6 Å². The molecule has 1 aromatic heterocycles. The van der Waals surface area contributed by atoms with Gasteiger partial charge < -0.3 is 10.8 Å². The van der Waals surface area contributed by atoms with Crippen LogP contribution in [0.5, 0.6) is 0 Å². The fourth-order valence-electron chi connectivity index (χ4n) is 2.06. The molecule has 0 unspecified atom stereocenters. The van der Waals surface area contributed by atoms with Gasteiger partial charge in [-0.2, -0.15) is 0 Å². The average molecular weight is 296 g/mol. The number of thiophene rings is 1. The summed E-state index contributed by atoms with van der Waals surface area (Å²) in [5, 5.41) is 9.84. The topological polar surface area (TPSA) is 63.3 Å². The quantitative estimate of drug-likeness (QED) is 0.891. The Morgan fingerprint density at radius 3 is 2.74 bits per heavy atom. The van der Waals surface area contributed by atoms with Crippen LogP contribution < -0.4 is 5.73 Å². The van der Waals surface area contributed by atoms with Crippen LogP contribution >= 0.6 is 22.9 Å². The molecule has 2 aromatic rings. The van der Waals surface area contributed by atoms with E-state index in [1.54, 1.807) is 0 Å². The molecule has 0 amide bonds. The lowest BCUT2D eigenvalue weighted by atomic mass is 10.0. The molecule has 0 radical (unpaired) electrons. The molecule has 0 aliphatic rings. The van der Waals surface area contributed by atoms with Crippen LogP contribution in [-0.2, 0) is 6.42 Å². The van der Waals surface area contributed by atoms with Crippen LogP contribution in [0.4, 0.5) is 5.69 Å². The lowest BCUT2D eigenvalue weighted by Crippen LogP contribution is -1.99. The van der Waals surface area contributed by atoms with E-state index in [1.807, 2.05) is 32.0 Å². The minimum atomic E-state index is -0.983. The molecule has 0 saturated carbocycles. The fraction of sp³-hybridized carbons (Fsp3) is 0.214. The Morgan fingerprint density at radius 2 is 2.16 bits per heavy atom. The molecule has 0 saturated heterocycles. The number of nitrogens with two attached hydrogens (primary N) is 1. The molecule has 0 fully saturated rings. The molecular formula is C14H14ClNO2S. The third-order valence-corrected chi connectivity index (χ3v) is 4.79. The smallest absolute Gasteiger partial charge is 0.348 e. The van der Waals surface area contributed by atoms with Crippen molar-refractivity contribution in [2.75, 3.05) is 5.73 Å². The van der Waals surface area contributed by atoms with Gasteiger partial charge in [0.25, 0.3) is 0 Å². The number of anilines is 1. The van der Waals surface area contributed by atoms with Crippen LogP contribution in [-0.4, -0.2) is 11.1 Å². The number of benzene rings is 1. The average Bonchev–Trinajstić information content (AvgIpc) is 2.69. The molecule has 19 heavy (non-hydrogen) atoms. The lowest BCUT2D eigenvalue weighted by molar-refractivity contribution is 0.0703. The fourth-order valence-corrected chi connectivity index (χ4v) is 3.47. The number of hydrogen-bond donors (Lipinski definition) is 2. The highest BCUT2D eigenvalue weighted by Gasteiger charge is 2.21. The maximum atomic E-state index is 11.2. The summed E-state index contributed by atoms with van der Waals surface area (Å²) >= 11 is 7.34. The van der Waals surface area contributed by atoms with E-state index in [0.717, 1.165) is 21.6 Å². The van der Waals surface area contributed by atoms with Gasteiger partial charge in [0.2, 0.25) is 0 Å². The van der Waals surface area contributed by atoms with E-state index in [2.05, 4.69) is 0 Å². The first-order valence-electron chi connectivity index (χ1n) is 5.87. The first kappa shape index (κ1) is 13.9. The van der Waals surface area contributed by atoms with Crippen molar-refractivity contribution in [2.24, 2.45) is 0 Å². The van der Waals surface area contributed by atoms with Crippen molar-refractivity contribution < 1.29 is 9.90 Å². The summed E-state index contributed by atoms with van der Waals surface area (Å²) in [6.07, 6.45) is 0.691. The Labute approximate surface area is 120 Å². The molecule has 0 spiro atoms. The predicted octanol–water partition coefficient (Wildman–Crippen LogP) is 4.22. The highest BCUT2D eigenvalue weighted by Crippen LogP contribution is 2.41. The van der Waals surface area contributed by atoms with E-state index in [9.17, 15) is 9.90 Å². The Hall–Kier alpha value is -1.52. The molecule has 100 valence electrons. The summed E-state index contributed by atoms with van der Waals surface area (Å²) in [5.74, 6) is -0.983. The lowest BCUT2D eigenvalue weighted by Gasteiger charge is -2.07. The van der Waals surface area contributed by atoms with Crippen LogP contribution in [0.25, 0.3) is 10.4 Å². The predicted molar refractivity (Wildman–Crippen MR) is 80.3 cm³/mol. The van der Waals surface area contributed by atoms with E-state index < -0.39 is 5.97 Å². The van der Waals surface area contributed by atoms with E-state index in [1.165, 1.54) is 11.3 Å². The number of halogens is 1. The van der Waals surface area contributed by atoms with Crippen molar-refractivity contribution in [1.82, 2.24) is 0 Å². The van der Waals surface area contributed by atoms with Crippen molar-refractivity contribution in [3.8, 4) is 10.4 Å². The molecule has 1 aromatic carbocycles. The first-order valence-corrected chi connectivity index (χ1v) is 7.06. The Morgan fingerprint density at radius 1 is 1.47 bits per heavy atom. The monoisotopic (exact) mass is 295 g/mol. The van der Waals surface area contributed by atoms with Gasteiger partial charge in [-0.15, -0.1) is 11.3 Å². The van der Waals surface area contributed by atoms with E-state index in [-0.39, 0.29) is 4.88 Å². The zero-order chi connectivity index (χ0) is 14.2. The van der Waals surface area contributed by atoms with E-state index in [4.69, 9.17) is 17.3 Å². The van der Waals surface area contributed by atoms with Gasteiger partial charge >= 0.3 is 5.97 Å². The number of rotatable bonds is 3. The minimum Gasteiger partial charge on any atom is -0.477 e. The standard InChI is InChI=1S/C14H14ClNO2S/c1-3-8-11(16)13(14(17)18)19-12(8)9-5-4-6-10(15)7(9)2/h4-6H,3,16H2,1-2H3,(H,17,18). The maximum Gasteiger partial charge on any atom is 0.348 e. The van der Waals surface area contributed by atoms with Crippen LogP contribution in [0.2, 0.25) is 5.02 Å². The summed E-state index contributed by atoms with van der Waals surface area (Å²) in [4.78, 5) is 12.3. The van der Waals surface area contributed by atoms with Gasteiger partial charge in [0.05, 0.1) is 5.69 Å². The normalized spacial score (nSPS) is 10.7. The molecule has 3 nitrogen and oxygen atoms in total. The summed E-state index contributed by atoms with van der Waals surface area (Å²) in [6, 6.07) is 5.62. The summed E-state index contributed by atoms with van der Waals surface area (Å²) in [6.45, 7) is 3.89. The van der Waals surface area contributed by atoms with Gasteiger partial charge in [-0.05, 0) is 36.1 Å². The zero-order valence-electron chi connectivity index (χ0n) is 10.7. The second-order valence-corrected chi connectivity index (χ2v) is 5.65. The van der Waals surface area contributed by atoms with Gasteiger partial charge in [0.15, 0.2) is 0 Å². The van der Waals surface area contributed by atoms with Crippen molar-refractivity contribution in [1.29, 1.82) is 0 Å². The minimum absolute atomic E-state index is 0.200. The number of carboxylic acid groups (broad SMARTS) is 1. The summed E-state index contributed by atoms with van der Waals surface area (Å²) in [7, 11) is 0. The summed E-state index contributed by atoms with van der Waals surface area (Å²) < 4.78 is 0. The SMILES string of the molecule is CCc1c(-c2cccc(Cl)c2C)sc(C(=O)O)c1N. The maximum absolute atomic E-state index is 11.2. The van der Waals surface area contributed by atoms with Crippen LogP contribution in [0.15, 0.2) is 18.2 Å². The van der Waals surface area contributed by atoms with Crippen molar-refractivity contribution in [2.45, 2.75) is 20.3 Å². The number of carboxylic acids is 1. The Bertz CT molecular complexity index is 649. The van der Waals surface area contributed by atoms with Gasteiger partial charge in [-0.1, -0.05) is 30.7 Å². The largest absolute Gasteiger partial charge is 0.477 e.